The van der Waals surface area contributed by atoms with Crippen LogP contribution in [0.4, 0.5) is 4.79 Å². The lowest BCUT2D eigenvalue weighted by atomic mass is 9.85. The predicted molar refractivity (Wildman–Crippen MR) is 204 cm³/mol. The Hall–Kier alpha value is -3.18. The molecular weight excluding hydrogens is 624 g/mol. The molecule has 1 heterocycles. The minimum Gasteiger partial charge on any atom is -0.363 e. The van der Waals surface area contributed by atoms with Gasteiger partial charge in [-0.1, -0.05) is 123 Å². The zero-order valence-electron chi connectivity index (χ0n) is 34.5. The zero-order chi connectivity index (χ0) is 39.9. The van der Waals surface area contributed by atoms with Crippen LogP contribution in [0.2, 0.25) is 0 Å². The van der Waals surface area contributed by atoms with Crippen LogP contribution in [0, 0.1) is 11.3 Å². The predicted octanol–water partition coefficient (Wildman–Crippen LogP) is 6.10. The van der Waals surface area contributed by atoms with E-state index in [4.69, 9.17) is 5.73 Å². The second kappa shape index (κ2) is 33.3. The van der Waals surface area contributed by atoms with Crippen LogP contribution in [0.3, 0.4) is 0 Å². The van der Waals surface area contributed by atoms with E-state index < -0.39 is 53.1 Å². The topological polar surface area (TPSA) is 180 Å². The number of nitrogens with zero attached hydrogens (tertiary/aromatic N) is 1. The molecule has 1 aliphatic heterocycles. The molecule has 1 saturated carbocycles. The fourth-order valence-electron chi connectivity index (χ4n) is 3.59. The molecular formula is C37H78N6O6. The maximum Gasteiger partial charge on any atom is 0.315 e. The summed E-state index contributed by atoms with van der Waals surface area (Å²) >= 11 is 0. The maximum absolute atomic E-state index is 13.3. The van der Waals surface area contributed by atoms with Gasteiger partial charge in [0.05, 0.1) is 12.6 Å². The monoisotopic (exact) mass is 703 g/mol. The van der Waals surface area contributed by atoms with E-state index >= 15 is 0 Å². The van der Waals surface area contributed by atoms with Gasteiger partial charge in [0.1, 0.15) is 12.1 Å². The first-order valence-corrected chi connectivity index (χ1v) is 18.7. The zero-order valence-corrected chi connectivity index (χ0v) is 34.5. The van der Waals surface area contributed by atoms with Gasteiger partial charge >= 0.3 is 6.03 Å². The number of hydrogen-bond donors (Lipinski definition) is 5. The summed E-state index contributed by atoms with van der Waals surface area (Å²) in [6, 6.07) is -3.73. The van der Waals surface area contributed by atoms with Crippen molar-refractivity contribution in [3.05, 3.63) is 0 Å². The van der Waals surface area contributed by atoms with Gasteiger partial charge in [-0.2, -0.15) is 0 Å². The SMILES string of the molecule is CC.CC.CC.CC(C)NC(=O)CNC(=O)NC(C(=O)N1CCCC1C(=O)NC(C)C(=O)C(N)=O)C(C)(C)C.CC1CC1.CCC.CCC. The largest absolute Gasteiger partial charge is 0.363 e. The molecule has 0 aromatic heterocycles. The lowest BCUT2D eigenvalue weighted by Crippen LogP contribution is -2.60. The number of urea groups is 1. The molecule has 2 fully saturated rings. The number of primary amides is 1. The van der Waals surface area contributed by atoms with E-state index in [2.05, 4.69) is 55.9 Å². The van der Waals surface area contributed by atoms with Crippen LogP contribution in [0.1, 0.15) is 156 Å². The molecule has 2 rings (SSSR count). The standard InChI is InChI=1S/C21H36N6O6.C4H8.2C3H8.3C2H6/c1-11(2)24-14(28)10-23-20(33)26-16(21(4,5)6)19(32)27-9-7-8-13(27)18(31)25-12(3)15(29)17(22)30;1-4-2-3-4;2*1-3-2;3*1-2/h11-13,16H,7-10H2,1-6H3,(H2,22,30)(H,24,28)(H,25,31)(H2,23,26,33);4H,2-3H2,1H3;2*3H2,1-2H3;3*1-2H3. The van der Waals surface area contributed by atoms with Crippen molar-refractivity contribution in [1.82, 2.24) is 26.2 Å². The first-order chi connectivity index (χ1) is 22.9. The van der Waals surface area contributed by atoms with Crippen LogP contribution in [-0.2, 0) is 24.0 Å². The van der Waals surface area contributed by atoms with E-state index in [1.807, 2.05) is 41.5 Å². The quantitative estimate of drug-likeness (QED) is 0.181. The number of amides is 6. The number of Topliss-reactive ketones (excluding diaryl/α,β-unsaturated/α-hetero) is 1. The van der Waals surface area contributed by atoms with Crippen molar-refractivity contribution in [1.29, 1.82) is 0 Å². The molecule has 0 spiro atoms. The van der Waals surface area contributed by atoms with Crippen molar-refractivity contribution in [2.24, 2.45) is 17.1 Å². The Balaban J connectivity index is -0.000000338. The molecule has 49 heavy (non-hydrogen) atoms. The Bertz CT molecular complexity index is 898. The summed E-state index contributed by atoms with van der Waals surface area (Å²) in [5, 5.41) is 10.1. The van der Waals surface area contributed by atoms with Crippen LogP contribution >= 0.6 is 0 Å². The van der Waals surface area contributed by atoms with Crippen LogP contribution in [0.15, 0.2) is 0 Å². The van der Waals surface area contributed by atoms with Gasteiger partial charge in [0, 0.05) is 12.6 Å². The smallest absolute Gasteiger partial charge is 0.315 e. The van der Waals surface area contributed by atoms with Crippen LogP contribution in [0.25, 0.3) is 0 Å². The normalized spacial score (nSPS) is 15.1. The number of nitrogens with one attached hydrogen (secondary N) is 4. The van der Waals surface area contributed by atoms with Crippen molar-refractivity contribution in [3.8, 4) is 0 Å². The van der Waals surface area contributed by atoms with Gasteiger partial charge in [0.25, 0.3) is 5.91 Å². The molecule has 1 aliphatic carbocycles. The van der Waals surface area contributed by atoms with E-state index in [0.29, 0.717) is 19.4 Å². The summed E-state index contributed by atoms with van der Waals surface area (Å²) in [6.45, 7) is 33.0. The maximum atomic E-state index is 13.3. The Morgan fingerprint density at radius 2 is 1.20 bits per heavy atom. The van der Waals surface area contributed by atoms with Crippen molar-refractivity contribution in [3.63, 3.8) is 0 Å². The van der Waals surface area contributed by atoms with Crippen molar-refractivity contribution < 1.29 is 28.8 Å². The highest BCUT2D eigenvalue weighted by molar-refractivity contribution is 6.37. The summed E-state index contributed by atoms with van der Waals surface area (Å²) in [4.78, 5) is 74.3. The first kappa shape index (κ1) is 55.2. The minimum absolute atomic E-state index is 0.0782. The second-order valence-corrected chi connectivity index (χ2v) is 12.6. The molecule has 0 aromatic carbocycles. The van der Waals surface area contributed by atoms with E-state index in [1.165, 1.54) is 37.5 Å². The average Bonchev–Trinajstić information content (AvgIpc) is 3.66. The third-order valence-corrected chi connectivity index (χ3v) is 5.95. The third-order valence-electron chi connectivity index (χ3n) is 5.95. The van der Waals surface area contributed by atoms with E-state index in [9.17, 15) is 28.8 Å². The Labute approximate surface area is 300 Å². The van der Waals surface area contributed by atoms with E-state index in [1.54, 1.807) is 34.6 Å². The van der Waals surface area contributed by atoms with Crippen LogP contribution < -0.4 is 27.0 Å². The first-order valence-electron chi connectivity index (χ1n) is 18.7. The van der Waals surface area contributed by atoms with Crippen molar-refractivity contribution in [2.75, 3.05) is 13.1 Å². The van der Waals surface area contributed by atoms with Gasteiger partial charge in [-0.3, -0.25) is 24.0 Å². The highest BCUT2D eigenvalue weighted by atomic mass is 16.2. The third kappa shape index (κ3) is 29.5. The van der Waals surface area contributed by atoms with E-state index in [-0.39, 0.29) is 18.5 Å². The molecule has 6 N–H and O–H groups in total. The number of ketones is 1. The van der Waals surface area contributed by atoms with Gasteiger partial charge in [-0.15, -0.1) is 0 Å². The molecule has 3 unspecified atom stereocenters. The minimum atomic E-state index is -1.16. The summed E-state index contributed by atoms with van der Waals surface area (Å²) in [7, 11) is 0. The number of rotatable bonds is 9. The lowest BCUT2D eigenvalue weighted by Gasteiger charge is -2.35. The number of carbonyl (C=O) groups excluding carboxylic acids is 6. The van der Waals surface area contributed by atoms with Crippen molar-refractivity contribution >= 4 is 35.4 Å². The summed E-state index contributed by atoms with van der Waals surface area (Å²) in [5.74, 6) is -2.42. The Morgan fingerprint density at radius 3 is 1.55 bits per heavy atom. The van der Waals surface area contributed by atoms with E-state index in [0.717, 1.165) is 5.92 Å². The highest BCUT2D eigenvalue weighted by Crippen LogP contribution is 2.27. The van der Waals surface area contributed by atoms with Gasteiger partial charge in [0.15, 0.2) is 0 Å². The summed E-state index contributed by atoms with van der Waals surface area (Å²) in [6.07, 6.45) is 6.40. The molecule has 0 aromatic rings. The van der Waals surface area contributed by atoms with Gasteiger partial charge in [-0.05, 0) is 44.9 Å². The number of hydrogen-bond acceptors (Lipinski definition) is 6. The lowest BCUT2D eigenvalue weighted by molar-refractivity contribution is -0.143. The van der Waals surface area contributed by atoms with Crippen molar-refractivity contribution in [2.45, 2.75) is 180 Å². The Morgan fingerprint density at radius 1 is 0.776 bits per heavy atom. The van der Waals surface area contributed by atoms with Gasteiger partial charge in [-0.25, -0.2) is 4.79 Å². The molecule has 2 aliphatic rings. The molecule has 12 heteroatoms. The van der Waals surface area contributed by atoms with Gasteiger partial charge in [0.2, 0.25) is 23.5 Å². The number of carbonyl (C=O) groups is 6. The molecule has 3 atom stereocenters. The molecule has 12 nitrogen and oxygen atoms in total. The fraction of sp³-hybridized carbons (Fsp3) is 0.838. The highest BCUT2D eigenvalue weighted by Gasteiger charge is 2.42. The summed E-state index contributed by atoms with van der Waals surface area (Å²) < 4.78 is 0. The van der Waals surface area contributed by atoms with Gasteiger partial charge < -0.3 is 31.9 Å². The summed E-state index contributed by atoms with van der Waals surface area (Å²) in [5.41, 5.74) is 4.27. The number of likely N-dealkylation sites (tertiary alicyclic amines) is 1. The molecule has 0 bridgehead atoms. The molecule has 6 amide bonds. The molecule has 1 saturated heterocycles. The number of nitrogens with two attached hydrogens (primary N) is 1. The fourth-order valence-corrected chi connectivity index (χ4v) is 3.59. The van der Waals surface area contributed by atoms with Crippen LogP contribution in [0.5, 0.6) is 0 Å². The second-order valence-electron chi connectivity index (χ2n) is 12.6. The molecule has 292 valence electrons. The average molecular weight is 703 g/mol. The Kier molecular flexibility index (Phi) is 37.6. The molecule has 0 radical (unpaired) electrons. The van der Waals surface area contributed by atoms with Crippen LogP contribution in [-0.4, -0.2) is 77.6 Å².